The highest BCUT2D eigenvalue weighted by atomic mass is 16.5. The molecule has 2 nitrogen and oxygen atoms in total. The summed E-state index contributed by atoms with van der Waals surface area (Å²) in [7, 11) is 0. The molecule has 5 aromatic carbocycles. The maximum absolute atomic E-state index is 11.2. The first kappa shape index (κ1) is 15.2. The second-order valence-electron chi connectivity index (χ2n) is 6.79. The Hall–Kier alpha value is -3.13. The van der Waals surface area contributed by atoms with Crippen molar-refractivity contribution in [2.45, 2.75) is 13.3 Å². The Balaban J connectivity index is 1.92. The molecule has 0 bridgehead atoms. The quantitative estimate of drug-likeness (QED) is 0.234. The van der Waals surface area contributed by atoms with Gasteiger partial charge in [0.05, 0.1) is 6.61 Å². The third-order valence-corrected chi connectivity index (χ3v) is 5.30. The molecule has 0 fully saturated rings. The highest BCUT2D eigenvalue weighted by Crippen LogP contribution is 2.40. The van der Waals surface area contributed by atoms with Crippen LogP contribution in [0, 0.1) is 0 Å². The van der Waals surface area contributed by atoms with E-state index in [-0.39, 0.29) is 5.97 Å². The van der Waals surface area contributed by atoms with E-state index in [9.17, 15) is 4.79 Å². The van der Waals surface area contributed by atoms with Crippen LogP contribution in [0.4, 0.5) is 0 Å². The van der Waals surface area contributed by atoms with E-state index < -0.39 is 0 Å². The zero-order valence-electron chi connectivity index (χ0n) is 14.6. The van der Waals surface area contributed by atoms with Crippen molar-refractivity contribution in [2.75, 3.05) is 6.61 Å². The van der Waals surface area contributed by atoms with E-state index in [2.05, 4.69) is 66.7 Å². The van der Waals surface area contributed by atoms with Crippen molar-refractivity contribution in [2.24, 2.45) is 0 Å². The third-order valence-electron chi connectivity index (χ3n) is 5.30. The van der Waals surface area contributed by atoms with Gasteiger partial charge in [-0.15, -0.1) is 0 Å². The molecular weight excluding hydrogens is 320 g/mol. The first-order chi connectivity index (χ1) is 12.7. The molecule has 5 aromatic rings. The topological polar surface area (TPSA) is 26.3 Å². The van der Waals surface area contributed by atoms with E-state index in [1.165, 1.54) is 55.6 Å². The predicted molar refractivity (Wildman–Crippen MR) is 108 cm³/mol. The Labute approximate surface area is 151 Å². The van der Waals surface area contributed by atoms with Crippen LogP contribution in [-0.4, -0.2) is 12.6 Å². The Morgan fingerprint density at radius 2 is 1.42 bits per heavy atom. The number of carbonyl (C=O) groups is 1. The number of ether oxygens (including phenoxy) is 1. The Kier molecular flexibility index (Phi) is 3.32. The van der Waals surface area contributed by atoms with Crippen LogP contribution >= 0.6 is 0 Å². The zero-order valence-corrected chi connectivity index (χ0v) is 14.6. The summed E-state index contributed by atoms with van der Waals surface area (Å²) < 4.78 is 5.25. The standard InChI is InChI=1S/C24H18O2/c1-15(25)26-14-13-20-18-7-2-3-8-19(18)21-11-9-16-5-4-6-17-10-12-22(20)24(21)23(16)17/h2-12H,13-14H2,1H3. The molecule has 0 aliphatic rings. The zero-order chi connectivity index (χ0) is 17.7. The van der Waals surface area contributed by atoms with Gasteiger partial charge >= 0.3 is 5.97 Å². The molecule has 0 saturated heterocycles. The fourth-order valence-electron chi connectivity index (χ4n) is 4.25. The molecule has 0 atom stereocenters. The highest BCUT2D eigenvalue weighted by molar-refractivity contribution is 6.30. The molecule has 5 rings (SSSR count). The van der Waals surface area contributed by atoms with Crippen LogP contribution in [0.25, 0.3) is 43.1 Å². The summed E-state index contributed by atoms with van der Waals surface area (Å²) in [5.74, 6) is -0.230. The summed E-state index contributed by atoms with van der Waals surface area (Å²) >= 11 is 0. The summed E-state index contributed by atoms with van der Waals surface area (Å²) in [6.07, 6.45) is 0.717. The lowest BCUT2D eigenvalue weighted by Crippen LogP contribution is -2.04. The van der Waals surface area contributed by atoms with Crippen molar-refractivity contribution < 1.29 is 9.53 Å². The molecule has 0 unspecified atom stereocenters. The van der Waals surface area contributed by atoms with E-state index in [0.29, 0.717) is 13.0 Å². The highest BCUT2D eigenvalue weighted by Gasteiger charge is 2.15. The minimum absolute atomic E-state index is 0.230. The van der Waals surface area contributed by atoms with Gasteiger partial charge in [0.25, 0.3) is 0 Å². The second kappa shape index (κ2) is 5.70. The van der Waals surface area contributed by atoms with Crippen LogP contribution < -0.4 is 0 Å². The fourth-order valence-corrected chi connectivity index (χ4v) is 4.25. The van der Waals surface area contributed by atoms with Crippen LogP contribution in [0.15, 0.2) is 66.7 Å². The molecule has 0 spiro atoms. The van der Waals surface area contributed by atoms with Gasteiger partial charge in [-0.1, -0.05) is 66.7 Å². The first-order valence-corrected chi connectivity index (χ1v) is 8.94. The van der Waals surface area contributed by atoms with E-state index in [1.54, 1.807) is 0 Å². The number of fused-ring (bicyclic) bond motifs is 2. The Morgan fingerprint density at radius 1 is 0.731 bits per heavy atom. The molecule has 0 aliphatic heterocycles. The van der Waals surface area contributed by atoms with Crippen molar-refractivity contribution >= 4 is 49.1 Å². The number of hydrogen-bond donors (Lipinski definition) is 0. The summed E-state index contributed by atoms with van der Waals surface area (Å²) in [6, 6.07) is 23.9. The van der Waals surface area contributed by atoms with Crippen molar-refractivity contribution in [3.8, 4) is 0 Å². The fraction of sp³-hybridized carbons (Fsp3) is 0.125. The normalized spacial score (nSPS) is 11.7. The average Bonchev–Trinajstić information content (AvgIpc) is 2.67. The van der Waals surface area contributed by atoms with E-state index in [4.69, 9.17) is 4.74 Å². The summed E-state index contributed by atoms with van der Waals surface area (Å²) in [6.45, 7) is 1.87. The number of carbonyl (C=O) groups excluding carboxylic acids is 1. The lowest BCUT2D eigenvalue weighted by atomic mass is 9.87. The minimum Gasteiger partial charge on any atom is -0.466 e. The monoisotopic (exact) mass is 338 g/mol. The van der Waals surface area contributed by atoms with Gasteiger partial charge in [0.15, 0.2) is 0 Å². The van der Waals surface area contributed by atoms with Gasteiger partial charge in [-0.2, -0.15) is 0 Å². The van der Waals surface area contributed by atoms with Crippen LogP contribution in [0.1, 0.15) is 12.5 Å². The Morgan fingerprint density at radius 3 is 2.15 bits per heavy atom. The smallest absolute Gasteiger partial charge is 0.302 e. The predicted octanol–water partition coefficient (Wildman–Crippen LogP) is 5.84. The average molecular weight is 338 g/mol. The molecule has 2 heteroatoms. The molecule has 126 valence electrons. The SMILES string of the molecule is CC(=O)OCCc1c2ccccc2c2ccc3cccc4ccc1c2c43. The largest absolute Gasteiger partial charge is 0.466 e. The van der Waals surface area contributed by atoms with E-state index >= 15 is 0 Å². The van der Waals surface area contributed by atoms with Gasteiger partial charge in [-0.3, -0.25) is 4.79 Å². The second-order valence-corrected chi connectivity index (χ2v) is 6.79. The molecule has 0 N–H and O–H groups in total. The molecule has 0 saturated carbocycles. The van der Waals surface area contributed by atoms with Crippen molar-refractivity contribution in [1.29, 1.82) is 0 Å². The van der Waals surface area contributed by atoms with Gasteiger partial charge in [0.2, 0.25) is 0 Å². The molecular formula is C24H18O2. The number of esters is 1. The summed E-state index contributed by atoms with van der Waals surface area (Å²) in [5.41, 5.74) is 1.26. The maximum atomic E-state index is 11.2. The van der Waals surface area contributed by atoms with E-state index in [0.717, 1.165) is 0 Å². The molecule has 0 aromatic heterocycles. The molecule has 0 radical (unpaired) electrons. The van der Waals surface area contributed by atoms with Crippen LogP contribution in [0.2, 0.25) is 0 Å². The molecule has 0 aliphatic carbocycles. The molecule has 0 heterocycles. The maximum Gasteiger partial charge on any atom is 0.302 e. The third kappa shape index (κ3) is 2.15. The van der Waals surface area contributed by atoms with E-state index in [1.807, 2.05) is 0 Å². The van der Waals surface area contributed by atoms with Crippen LogP contribution in [0.3, 0.4) is 0 Å². The van der Waals surface area contributed by atoms with Crippen LogP contribution in [-0.2, 0) is 16.0 Å². The molecule has 0 amide bonds. The first-order valence-electron chi connectivity index (χ1n) is 8.94. The summed E-state index contributed by atoms with van der Waals surface area (Å²) in [5, 5.41) is 10.2. The Bertz CT molecular complexity index is 1270. The summed E-state index contributed by atoms with van der Waals surface area (Å²) in [4.78, 5) is 11.2. The van der Waals surface area contributed by atoms with Gasteiger partial charge in [0, 0.05) is 13.3 Å². The number of hydrogen-bond acceptors (Lipinski definition) is 2. The van der Waals surface area contributed by atoms with Gasteiger partial charge in [-0.25, -0.2) is 0 Å². The number of rotatable bonds is 3. The lowest BCUT2D eigenvalue weighted by Gasteiger charge is -2.17. The number of benzene rings is 5. The van der Waals surface area contributed by atoms with Crippen molar-refractivity contribution in [3.63, 3.8) is 0 Å². The minimum atomic E-state index is -0.230. The van der Waals surface area contributed by atoms with Gasteiger partial charge < -0.3 is 4.74 Å². The van der Waals surface area contributed by atoms with Gasteiger partial charge in [-0.05, 0) is 48.7 Å². The lowest BCUT2D eigenvalue weighted by molar-refractivity contribution is -0.140. The van der Waals surface area contributed by atoms with Crippen molar-refractivity contribution in [1.82, 2.24) is 0 Å². The van der Waals surface area contributed by atoms with Crippen molar-refractivity contribution in [3.05, 3.63) is 72.3 Å². The van der Waals surface area contributed by atoms with Gasteiger partial charge in [0.1, 0.15) is 0 Å². The molecule has 26 heavy (non-hydrogen) atoms. The van der Waals surface area contributed by atoms with Crippen LogP contribution in [0.5, 0.6) is 0 Å².